The molecule has 30 heavy (non-hydrogen) atoms. The minimum Gasteiger partial charge on any atom is -0.497 e. The van der Waals surface area contributed by atoms with Crippen molar-refractivity contribution in [2.75, 3.05) is 25.1 Å². The van der Waals surface area contributed by atoms with E-state index in [9.17, 15) is 5.26 Å². The second-order valence-corrected chi connectivity index (χ2v) is 7.97. The van der Waals surface area contributed by atoms with E-state index in [1.807, 2.05) is 18.2 Å². The zero-order chi connectivity index (χ0) is 20.9. The van der Waals surface area contributed by atoms with Crippen molar-refractivity contribution in [2.45, 2.75) is 32.6 Å². The fraction of sp³-hybridized carbons (Fsp3) is 0.296. The zero-order valence-electron chi connectivity index (χ0n) is 17.8. The average molecular weight is 397 g/mol. The number of hydrogen-bond donors (Lipinski definition) is 0. The molecule has 1 fully saturated rings. The van der Waals surface area contributed by atoms with Gasteiger partial charge in [0, 0.05) is 13.1 Å². The molecule has 0 amide bonds. The molecule has 3 nitrogen and oxygen atoms in total. The van der Waals surface area contributed by atoms with Crippen LogP contribution >= 0.6 is 0 Å². The summed E-state index contributed by atoms with van der Waals surface area (Å²) >= 11 is 0. The van der Waals surface area contributed by atoms with Gasteiger partial charge >= 0.3 is 0 Å². The van der Waals surface area contributed by atoms with Crippen molar-refractivity contribution >= 4 is 5.69 Å². The van der Waals surface area contributed by atoms with Crippen LogP contribution in [0.5, 0.6) is 5.75 Å². The smallest absolute Gasteiger partial charge is 0.118 e. The lowest BCUT2D eigenvalue weighted by molar-refractivity contribution is 0.415. The molecule has 1 aliphatic heterocycles. The van der Waals surface area contributed by atoms with Gasteiger partial charge in [-0.3, -0.25) is 0 Å². The molecule has 0 radical (unpaired) electrons. The van der Waals surface area contributed by atoms with Crippen molar-refractivity contribution < 1.29 is 4.74 Å². The molecule has 0 aromatic heterocycles. The van der Waals surface area contributed by atoms with Crippen LogP contribution in [0.3, 0.4) is 0 Å². The van der Waals surface area contributed by atoms with E-state index in [1.54, 1.807) is 7.11 Å². The van der Waals surface area contributed by atoms with E-state index in [4.69, 9.17) is 4.74 Å². The Bertz CT molecular complexity index is 1040. The molecule has 0 aliphatic carbocycles. The van der Waals surface area contributed by atoms with Crippen molar-refractivity contribution in [1.29, 1.82) is 5.26 Å². The summed E-state index contributed by atoms with van der Waals surface area (Å²) in [4.78, 5) is 2.40. The SMILES string of the molecule is COc1ccc(-c2cc(N3CCCCC3)c(C#N)c(C)c2Cc2ccccc2)cc1. The van der Waals surface area contributed by atoms with Gasteiger partial charge in [0.2, 0.25) is 0 Å². The van der Waals surface area contributed by atoms with Gasteiger partial charge in [0.25, 0.3) is 0 Å². The Morgan fingerprint density at radius 2 is 1.67 bits per heavy atom. The van der Waals surface area contributed by atoms with Crippen molar-refractivity contribution in [2.24, 2.45) is 0 Å². The lowest BCUT2D eigenvalue weighted by Gasteiger charge is -2.31. The quantitative estimate of drug-likeness (QED) is 0.521. The van der Waals surface area contributed by atoms with E-state index in [-0.39, 0.29) is 0 Å². The van der Waals surface area contributed by atoms with Gasteiger partial charge in [-0.25, -0.2) is 0 Å². The third kappa shape index (κ3) is 4.04. The van der Waals surface area contributed by atoms with Crippen LogP contribution in [0.2, 0.25) is 0 Å². The Hall–Kier alpha value is -3.25. The summed E-state index contributed by atoms with van der Waals surface area (Å²) in [6, 6.07) is 23.5. The summed E-state index contributed by atoms with van der Waals surface area (Å²) in [5.74, 6) is 0.852. The average Bonchev–Trinajstić information content (AvgIpc) is 2.81. The molecule has 0 saturated carbocycles. The molecule has 1 heterocycles. The third-order valence-corrected chi connectivity index (χ3v) is 6.12. The first-order valence-electron chi connectivity index (χ1n) is 10.7. The summed E-state index contributed by atoms with van der Waals surface area (Å²) in [7, 11) is 1.69. The topological polar surface area (TPSA) is 36.3 Å². The summed E-state index contributed by atoms with van der Waals surface area (Å²) in [6.45, 7) is 4.15. The van der Waals surface area contributed by atoms with E-state index < -0.39 is 0 Å². The van der Waals surface area contributed by atoms with Crippen LogP contribution in [0.4, 0.5) is 5.69 Å². The monoisotopic (exact) mass is 396 g/mol. The highest BCUT2D eigenvalue weighted by molar-refractivity contribution is 5.79. The largest absolute Gasteiger partial charge is 0.497 e. The Labute approximate surface area is 179 Å². The van der Waals surface area contributed by atoms with Gasteiger partial charge in [-0.15, -0.1) is 0 Å². The first-order valence-corrected chi connectivity index (χ1v) is 10.7. The number of nitrogens with zero attached hydrogens (tertiary/aromatic N) is 2. The molecule has 3 aromatic rings. The predicted molar refractivity (Wildman–Crippen MR) is 123 cm³/mol. The molecule has 1 saturated heterocycles. The molecule has 0 spiro atoms. The Morgan fingerprint density at radius 3 is 2.30 bits per heavy atom. The maximum absolute atomic E-state index is 10.1. The maximum atomic E-state index is 10.1. The van der Waals surface area contributed by atoms with E-state index >= 15 is 0 Å². The van der Waals surface area contributed by atoms with Gasteiger partial charge in [0.05, 0.1) is 18.4 Å². The molecule has 4 rings (SSSR count). The lowest BCUT2D eigenvalue weighted by Crippen LogP contribution is -2.30. The van der Waals surface area contributed by atoms with Crippen LogP contribution in [0, 0.1) is 18.3 Å². The van der Waals surface area contributed by atoms with E-state index in [0.29, 0.717) is 0 Å². The third-order valence-electron chi connectivity index (χ3n) is 6.12. The number of ether oxygens (including phenoxy) is 1. The molecule has 0 unspecified atom stereocenters. The molecule has 0 atom stereocenters. The highest BCUT2D eigenvalue weighted by atomic mass is 16.5. The van der Waals surface area contributed by atoms with E-state index in [1.165, 1.54) is 36.0 Å². The van der Waals surface area contributed by atoms with Gasteiger partial charge < -0.3 is 9.64 Å². The number of nitriles is 1. The van der Waals surface area contributed by atoms with Crippen molar-refractivity contribution in [3.63, 3.8) is 0 Å². The number of anilines is 1. The number of benzene rings is 3. The van der Waals surface area contributed by atoms with Gasteiger partial charge in [0.15, 0.2) is 0 Å². The molecular formula is C27H28N2O. The summed E-state index contributed by atoms with van der Waals surface area (Å²) < 4.78 is 5.36. The standard InChI is InChI=1S/C27H28N2O/c1-20-24(17-21-9-5-3-6-10-21)25(22-11-13-23(30-2)14-12-22)18-27(26(20)19-28)29-15-7-4-8-16-29/h3,5-6,9-14,18H,4,7-8,15-17H2,1-2H3. The first-order chi connectivity index (χ1) is 14.7. The molecule has 0 N–H and O–H groups in total. The van der Waals surface area contributed by atoms with Crippen LogP contribution in [-0.2, 0) is 6.42 Å². The van der Waals surface area contributed by atoms with Gasteiger partial charge in [-0.1, -0.05) is 42.5 Å². The molecule has 0 bridgehead atoms. The predicted octanol–water partition coefficient (Wildman–Crippen LogP) is 6.12. The number of hydrogen-bond acceptors (Lipinski definition) is 3. The summed E-state index contributed by atoms with van der Waals surface area (Å²) in [5.41, 5.74) is 7.84. The van der Waals surface area contributed by atoms with Crippen molar-refractivity contribution in [3.05, 3.63) is 82.9 Å². The normalized spacial score (nSPS) is 13.7. The first kappa shape index (κ1) is 20.0. The number of piperidine rings is 1. The second kappa shape index (κ2) is 9.05. The van der Waals surface area contributed by atoms with Crippen LogP contribution < -0.4 is 9.64 Å². The van der Waals surface area contributed by atoms with E-state index in [2.05, 4.69) is 60.4 Å². The fourth-order valence-electron chi connectivity index (χ4n) is 4.42. The molecule has 3 heteroatoms. The zero-order valence-corrected chi connectivity index (χ0v) is 17.8. The fourth-order valence-corrected chi connectivity index (χ4v) is 4.42. The summed E-state index contributed by atoms with van der Waals surface area (Å²) in [5, 5.41) is 10.1. The molecule has 1 aliphatic rings. The second-order valence-electron chi connectivity index (χ2n) is 7.97. The number of rotatable bonds is 5. The Morgan fingerprint density at radius 1 is 0.967 bits per heavy atom. The minimum absolute atomic E-state index is 0.809. The molecular weight excluding hydrogens is 368 g/mol. The summed E-state index contributed by atoms with van der Waals surface area (Å²) in [6.07, 6.45) is 4.46. The van der Waals surface area contributed by atoms with Crippen LogP contribution in [0.1, 0.15) is 41.5 Å². The van der Waals surface area contributed by atoms with Crippen LogP contribution in [0.25, 0.3) is 11.1 Å². The lowest BCUT2D eigenvalue weighted by atomic mass is 9.87. The van der Waals surface area contributed by atoms with Crippen molar-refractivity contribution in [1.82, 2.24) is 0 Å². The van der Waals surface area contributed by atoms with Crippen LogP contribution in [0.15, 0.2) is 60.7 Å². The highest BCUT2D eigenvalue weighted by Crippen LogP contribution is 2.37. The van der Waals surface area contributed by atoms with Crippen LogP contribution in [-0.4, -0.2) is 20.2 Å². The van der Waals surface area contributed by atoms with E-state index in [0.717, 1.165) is 47.6 Å². The Kier molecular flexibility index (Phi) is 6.05. The maximum Gasteiger partial charge on any atom is 0.118 e. The van der Waals surface area contributed by atoms with Gasteiger partial charge in [0.1, 0.15) is 11.8 Å². The van der Waals surface area contributed by atoms with Gasteiger partial charge in [-0.05, 0) is 78.6 Å². The van der Waals surface area contributed by atoms with Crippen molar-refractivity contribution in [3.8, 4) is 22.9 Å². The molecule has 152 valence electrons. The Balaban J connectivity index is 1.88. The molecule has 3 aromatic carbocycles. The van der Waals surface area contributed by atoms with Gasteiger partial charge in [-0.2, -0.15) is 5.26 Å². The highest BCUT2D eigenvalue weighted by Gasteiger charge is 2.21. The minimum atomic E-state index is 0.809. The number of methoxy groups -OCH3 is 1.